The minimum Gasteiger partial charge on any atom is -0.340 e. The van der Waals surface area contributed by atoms with Crippen molar-refractivity contribution >= 4 is 50.3 Å². The van der Waals surface area contributed by atoms with Crippen LogP contribution in [0.1, 0.15) is 12.0 Å². The van der Waals surface area contributed by atoms with Crippen LogP contribution in [0.2, 0.25) is 0 Å². The number of aryl methyl sites for hydroxylation is 1. The smallest absolute Gasteiger partial charge is 0.245 e. The number of nitrogens with zero attached hydrogens (tertiary/aromatic N) is 5. The summed E-state index contributed by atoms with van der Waals surface area (Å²) in [4.78, 5) is 29.1. The SMILES string of the molecule is Cc1ccc(N2CC(C(=O)N3CCN(S(=O)(=O)c4cccc5nsnc45)CC3)CC2=O)cc1. The van der Waals surface area contributed by atoms with E-state index in [2.05, 4.69) is 8.75 Å². The number of piperazine rings is 1. The van der Waals surface area contributed by atoms with Crippen LogP contribution >= 0.6 is 11.7 Å². The van der Waals surface area contributed by atoms with Crippen molar-refractivity contribution in [3.05, 3.63) is 48.0 Å². The number of carbonyl (C=O) groups is 2. The number of sulfonamides is 1. The normalized spacial score (nSPS) is 20.0. The van der Waals surface area contributed by atoms with Crippen molar-refractivity contribution in [3.8, 4) is 0 Å². The van der Waals surface area contributed by atoms with Crippen LogP contribution in [0, 0.1) is 12.8 Å². The van der Waals surface area contributed by atoms with Gasteiger partial charge in [0.2, 0.25) is 21.8 Å². The molecule has 2 aliphatic heterocycles. The Morgan fingerprint density at radius 2 is 1.76 bits per heavy atom. The van der Waals surface area contributed by atoms with Gasteiger partial charge in [0, 0.05) is 44.8 Å². The van der Waals surface area contributed by atoms with E-state index in [1.807, 2.05) is 31.2 Å². The second-order valence-corrected chi connectivity index (χ2v) is 10.8. The molecule has 0 N–H and O–H groups in total. The molecule has 1 aromatic heterocycles. The molecule has 3 heterocycles. The van der Waals surface area contributed by atoms with Crippen molar-refractivity contribution in [2.45, 2.75) is 18.2 Å². The highest BCUT2D eigenvalue weighted by Crippen LogP contribution is 2.28. The van der Waals surface area contributed by atoms with Gasteiger partial charge in [0.25, 0.3) is 0 Å². The van der Waals surface area contributed by atoms with Gasteiger partial charge >= 0.3 is 0 Å². The first kappa shape index (κ1) is 21.9. The van der Waals surface area contributed by atoms with Gasteiger partial charge in [-0.1, -0.05) is 23.8 Å². The number of fused-ring (bicyclic) bond motifs is 1. The van der Waals surface area contributed by atoms with Crippen LogP contribution in [0.3, 0.4) is 0 Å². The van der Waals surface area contributed by atoms with E-state index in [0.717, 1.165) is 23.0 Å². The van der Waals surface area contributed by atoms with Crippen molar-refractivity contribution in [3.63, 3.8) is 0 Å². The predicted molar refractivity (Wildman–Crippen MR) is 124 cm³/mol. The highest BCUT2D eigenvalue weighted by Gasteiger charge is 2.39. The Morgan fingerprint density at radius 1 is 1.03 bits per heavy atom. The molecule has 5 rings (SSSR count). The Morgan fingerprint density at radius 3 is 2.48 bits per heavy atom. The van der Waals surface area contributed by atoms with Crippen molar-refractivity contribution < 1.29 is 18.0 Å². The van der Waals surface area contributed by atoms with Gasteiger partial charge in [-0.05, 0) is 31.2 Å². The van der Waals surface area contributed by atoms with E-state index in [4.69, 9.17) is 0 Å². The van der Waals surface area contributed by atoms with Crippen LogP contribution in [-0.2, 0) is 19.6 Å². The first-order chi connectivity index (χ1) is 15.8. The Balaban J connectivity index is 1.25. The first-order valence-electron chi connectivity index (χ1n) is 10.7. The zero-order valence-electron chi connectivity index (χ0n) is 18.0. The molecule has 0 radical (unpaired) electrons. The lowest BCUT2D eigenvalue weighted by Crippen LogP contribution is -2.52. The van der Waals surface area contributed by atoms with Crippen molar-refractivity contribution in [1.82, 2.24) is 18.0 Å². The standard InChI is InChI=1S/C22H23N5O4S2/c1-15-5-7-17(8-6-15)27-14-16(13-20(27)28)22(29)25-9-11-26(12-10-25)33(30,31)19-4-2-3-18-21(19)24-32-23-18/h2-8,16H,9-14H2,1H3. The molecule has 1 unspecified atom stereocenters. The second kappa shape index (κ2) is 8.47. The maximum absolute atomic E-state index is 13.2. The number of aromatic nitrogens is 2. The lowest BCUT2D eigenvalue weighted by atomic mass is 10.1. The van der Waals surface area contributed by atoms with Gasteiger partial charge in [-0.25, -0.2) is 8.42 Å². The Hall–Kier alpha value is -2.89. The quantitative estimate of drug-likeness (QED) is 0.559. The fourth-order valence-corrected chi connectivity index (χ4v) is 6.56. The largest absolute Gasteiger partial charge is 0.340 e. The average Bonchev–Trinajstić information content (AvgIpc) is 3.45. The summed E-state index contributed by atoms with van der Waals surface area (Å²) < 4.78 is 36.1. The Bertz CT molecular complexity index is 1310. The Kier molecular flexibility index (Phi) is 5.63. The molecule has 1 atom stereocenters. The summed E-state index contributed by atoms with van der Waals surface area (Å²) >= 11 is 0.980. The zero-order valence-corrected chi connectivity index (χ0v) is 19.7. The van der Waals surface area contributed by atoms with Gasteiger partial charge in [-0.2, -0.15) is 13.1 Å². The number of anilines is 1. The molecule has 33 heavy (non-hydrogen) atoms. The van der Waals surface area contributed by atoms with Crippen molar-refractivity contribution in [1.29, 1.82) is 0 Å². The molecule has 0 spiro atoms. The summed E-state index contributed by atoms with van der Waals surface area (Å²) in [6, 6.07) is 12.6. The molecule has 3 aromatic rings. The lowest BCUT2D eigenvalue weighted by Gasteiger charge is -2.35. The van der Waals surface area contributed by atoms with E-state index < -0.39 is 15.9 Å². The maximum Gasteiger partial charge on any atom is 0.245 e. The lowest BCUT2D eigenvalue weighted by molar-refractivity contribution is -0.136. The average molecular weight is 486 g/mol. The van der Waals surface area contributed by atoms with Gasteiger partial charge in [0.15, 0.2) is 0 Å². The van der Waals surface area contributed by atoms with Crippen LogP contribution in [0.5, 0.6) is 0 Å². The number of hydrogen-bond acceptors (Lipinski definition) is 7. The van der Waals surface area contributed by atoms with Crippen LogP contribution in [0.25, 0.3) is 11.0 Å². The minimum absolute atomic E-state index is 0.0663. The Labute approximate surface area is 196 Å². The van der Waals surface area contributed by atoms with E-state index in [-0.39, 0.29) is 36.2 Å². The summed E-state index contributed by atoms with van der Waals surface area (Å²) in [5.74, 6) is -0.582. The molecule has 9 nitrogen and oxygen atoms in total. The molecular formula is C22H23N5O4S2. The summed E-state index contributed by atoms with van der Waals surface area (Å²) in [6.45, 7) is 3.31. The van der Waals surface area contributed by atoms with Crippen LogP contribution in [0.4, 0.5) is 5.69 Å². The van der Waals surface area contributed by atoms with Gasteiger partial charge in [-0.3, -0.25) is 9.59 Å². The summed E-state index contributed by atoms with van der Waals surface area (Å²) in [7, 11) is -3.75. The van der Waals surface area contributed by atoms with E-state index in [0.29, 0.717) is 30.7 Å². The third-order valence-corrected chi connectivity index (χ3v) is 8.71. The number of carbonyl (C=O) groups excluding carboxylic acids is 2. The summed E-state index contributed by atoms with van der Waals surface area (Å²) in [5.41, 5.74) is 2.83. The number of hydrogen-bond donors (Lipinski definition) is 0. The fourth-order valence-electron chi connectivity index (χ4n) is 4.38. The molecule has 2 fully saturated rings. The third-order valence-electron chi connectivity index (χ3n) is 6.24. The zero-order chi connectivity index (χ0) is 23.2. The van der Waals surface area contributed by atoms with Gasteiger partial charge < -0.3 is 9.80 Å². The van der Waals surface area contributed by atoms with Gasteiger partial charge in [0.05, 0.1) is 17.6 Å². The molecule has 0 saturated carbocycles. The number of benzene rings is 2. The van der Waals surface area contributed by atoms with E-state index in [9.17, 15) is 18.0 Å². The number of rotatable bonds is 4. The van der Waals surface area contributed by atoms with Crippen LogP contribution in [-0.4, -0.2) is 70.9 Å². The summed E-state index contributed by atoms with van der Waals surface area (Å²) in [5, 5.41) is 0. The molecule has 2 amide bonds. The second-order valence-electron chi connectivity index (χ2n) is 8.36. The van der Waals surface area contributed by atoms with Crippen LogP contribution in [0.15, 0.2) is 47.4 Å². The highest BCUT2D eigenvalue weighted by molar-refractivity contribution is 7.89. The molecular weight excluding hydrogens is 462 g/mol. The van der Waals surface area contributed by atoms with Crippen molar-refractivity contribution in [2.24, 2.45) is 5.92 Å². The predicted octanol–water partition coefficient (Wildman–Crippen LogP) is 1.89. The van der Waals surface area contributed by atoms with Gasteiger partial charge in [0.1, 0.15) is 15.9 Å². The topological polar surface area (TPSA) is 104 Å². The maximum atomic E-state index is 13.2. The van der Waals surface area contributed by atoms with Gasteiger partial charge in [-0.15, -0.1) is 0 Å². The number of amides is 2. The molecule has 0 bridgehead atoms. The molecule has 2 aromatic carbocycles. The highest BCUT2D eigenvalue weighted by atomic mass is 32.2. The molecule has 172 valence electrons. The van der Waals surface area contributed by atoms with Crippen molar-refractivity contribution in [2.75, 3.05) is 37.6 Å². The first-order valence-corrected chi connectivity index (χ1v) is 12.9. The third kappa shape index (κ3) is 4.00. The monoisotopic (exact) mass is 485 g/mol. The fraction of sp³-hybridized carbons (Fsp3) is 0.364. The van der Waals surface area contributed by atoms with E-state index >= 15 is 0 Å². The molecule has 0 aliphatic carbocycles. The molecule has 2 aliphatic rings. The molecule has 11 heteroatoms. The molecule has 2 saturated heterocycles. The van der Waals surface area contributed by atoms with Crippen LogP contribution < -0.4 is 4.90 Å². The van der Waals surface area contributed by atoms with E-state index in [1.165, 1.54) is 4.31 Å². The minimum atomic E-state index is -3.75. The summed E-state index contributed by atoms with van der Waals surface area (Å²) in [6.07, 6.45) is 0.171. The van der Waals surface area contributed by atoms with E-state index in [1.54, 1.807) is 28.0 Å².